The number of ether oxygens (including phenoxy) is 1. The molecule has 0 bridgehead atoms. The van der Waals surface area contributed by atoms with Crippen LogP contribution in [0.2, 0.25) is 0 Å². The van der Waals surface area contributed by atoms with Crippen molar-refractivity contribution in [1.29, 1.82) is 0 Å². The van der Waals surface area contributed by atoms with E-state index in [1.807, 2.05) is 24.3 Å². The summed E-state index contributed by atoms with van der Waals surface area (Å²) in [7, 11) is 0. The molecular weight excluding hydrogens is 436 g/mol. The predicted octanol–water partition coefficient (Wildman–Crippen LogP) is 4.68. The Balaban J connectivity index is 1.14. The summed E-state index contributed by atoms with van der Waals surface area (Å²) >= 11 is 0. The van der Waals surface area contributed by atoms with Crippen LogP contribution < -0.4 is 9.64 Å². The molecule has 2 aromatic carbocycles. The summed E-state index contributed by atoms with van der Waals surface area (Å²) in [5, 5.41) is 0. The molecule has 0 spiro atoms. The fourth-order valence-electron chi connectivity index (χ4n) is 5.09. The first-order valence-electron chi connectivity index (χ1n) is 12.2. The highest BCUT2D eigenvalue weighted by Gasteiger charge is 2.30. The molecule has 180 valence electrons. The van der Waals surface area contributed by atoms with Crippen LogP contribution in [0.25, 0.3) is 5.70 Å². The number of amides is 1. The van der Waals surface area contributed by atoms with Crippen LogP contribution >= 0.6 is 0 Å². The van der Waals surface area contributed by atoms with E-state index in [9.17, 15) is 13.6 Å². The second kappa shape index (κ2) is 9.74. The first-order chi connectivity index (χ1) is 16.5. The zero-order chi connectivity index (χ0) is 23.7. The minimum atomic E-state index is -0.660. The van der Waals surface area contributed by atoms with Crippen molar-refractivity contribution >= 4 is 17.3 Å². The Morgan fingerprint density at radius 2 is 1.59 bits per heavy atom. The van der Waals surface area contributed by atoms with Crippen LogP contribution in [0.5, 0.6) is 5.75 Å². The van der Waals surface area contributed by atoms with Gasteiger partial charge >= 0.3 is 0 Å². The van der Waals surface area contributed by atoms with Crippen molar-refractivity contribution in [1.82, 2.24) is 9.80 Å². The lowest BCUT2D eigenvalue weighted by atomic mass is 9.90. The number of piperazine rings is 1. The number of halogens is 2. The molecule has 0 aromatic heterocycles. The van der Waals surface area contributed by atoms with Gasteiger partial charge in [0.05, 0.1) is 6.54 Å². The summed E-state index contributed by atoms with van der Waals surface area (Å²) in [5.74, 6) is -0.570. The van der Waals surface area contributed by atoms with E-state index in [0.29, 0.717) is 24.4 Å². The molecule has 2 aromatic rings. The molecule has 2 saturated heterocycles. The van der Waals surface area contributed by atoms with Crippen LogP contribution in [0.4, 0.5) is 14.5 Å². The summed E-state index contributed by atoms with van der Waals surface area (Å²) < 4.78 is 33.4. The minimum Gasteiger partial charge on any atom is -0.490 e. The minimum absolute atomic E-state index is 0.0821. The normalized spacial score (nSPS) is 20.4. The lowest BCUT2D eigenvalue weighted by Crippen LogP contribution is -2.49. The zero-order valence-corrected chi connectivity index (χ0v) is 19.4. The van der Waals surface area contributed by atoms with Gasteiger partial charge < -0.3 is 19.4 Å². The van der Waals surface area contributed by atoms with Crippen LogP contribution in [-0.2, 0) is 4.79 Å². The van der Waals surface area contributed by atoms with Crippen LogP contribution in [0.1, 0.15) is 37.7 Å². The maximum Gasteiger partial charge on any atom is 0.246 e. The van der Waals surface area contributed by atoms with Gasteiger partial charge in [-0.05, 0) is 62.1 Å². The van der Waals surface area contributed by atoms with Crippen molar-refractivity contribution < 1.29 is 18.3 Å². The number of anilines is 1. The molecule has 1 saturated carbocycles. The van der Waals surface area contributed by atoms with Gasteiger partial charge in [0.15, 0.2) is 0 Å². The van der Waals surface area contributed by atoms with E-state index in [4.69, 9.17) is 4.74 Å². The van der Waals surface area contributed by atoms with E-state index in [0.717, 1.165) is 49.5 Å². The molecule has 1 aliphatic carbocycles. The molecule has 1 amide bonds. The largest absolute Gasteiger partial charge is 0.490 e. The van der Waals surface area contributed by atoms with Crippen molar-refractivity contribution in [3.8, 4) is 5.75 Å². The zero-order valence-electron chi connectivity index (χ0n) is 19.4. The summed E-state index contributed by atoms with van der Waals surface area (Å²) in [5.41, 5.74) is 1.61. The number of hydrogen-bond donors (Lipinski definition) is 0. The molecular formula is C27H31F2N3O2. The SMILES string of the molecule is C=C(c1cc(F)cc(F)c1)N1CCN(c2ccc(OC3CCN(C4CCC4)CC3)cc2)C(=O)C1. The first kappa shape index (κ1) is 22.8. The molecule has 0 unspecified atom stereocenters. The Morgan fingerprint density at radius 3 is 2.18 bits per heavy atom. The standard InChI is InChI=1S/C27H31F2N3O2/c1-19(20-15-21(28)17-22(29)16-20)31-13-14-32(27(33)18-31)24-5-7-25(8-6-24)34-26-9-11-30(12-10-26)23-3-2-4-23/h5-8,15-17,23,26H,1-4,9-14,18H2. The van der Waals surface area contributed by atoms with E-state index in [-0.39, 0.29) is 18.6 Å². The average molecular weight is 468 g/mol. The molecule has 5 nitrogen and oxygen atoms in total. The predicted molar refractivity (Wildman–Crippen MR) is 129 cm³/mol. The van der Waals surface area contributed by atoms with E-state index < -0.39 is 11.6 Å². The molecule has 34 heavy (non-hydrogen) atoms. The molecule has 7 heteroatoms. The van der Waals surface area contributed by atoms with E-state index >= 15 is 0 Å². The van der Waals surface area contributed by atoms with Gasteiger partial charge in [-0.1, -0.05) is 13.0 Å². The van der Waals surface area contributed by atoms with Gasteiger partial charge in [-0.2, -0.15) is 0 Å². The first-order valence-corrected chi connectivity index (χ1v) is 12.2. The monoisotopic (exact) mass is 467 g/mol. The van der Waals surface area contributed by atoms with Gasteiger partial charge in [0.2, 0.25) is 5.91 Å². The fourth-order valence-corrected chi connectivity index (χ4v) is 5.09. The van der Waals surface area contributed by atoms with Crippen molar-refractivity contribution in [2.24, 2.45) is 0 Å². The number of likely N-dealkylation sites (tertiary alicyclic amines) is 1. The lowest BCUT2D eigenvalue weighted by molar-refractivity contribution is -0.120. The second-order valence-electron chi connectivity index (χ2n) is 9.50. The Bertz CT molecular complexity index is 1030. The van der Waals surface area contributed by atoms with Gasteiger partial charge in [-0.15, -0.1) is 0 Å². The third-order valence-electron chi connectivity index (χ3n) is 7.32. The van der Waals surface area contributed by atoms with E-state index in [2.05, 4.69) is 11.5 Å². The Labute approximate surface area is 199 Å². The molecule has 2 heterocycles. The maximum atomic E-state index is 13.6. The van der Waals surface area contributed by atoms with Crippen molar-refractivity contribution in [2.45, 2.75) is 44.2 Å². The summed E-state index contributed by atoms with van der Waals surface area (Å²) in [6, 6.07) is 11.8. The van der Waals surface area contributed by atoms with Gasteiger partial charge in [0, 0.05) is 55.2 Å². The lowest BCUT2D eigenvalue weighted by Gasteiger charge is -2.41. The molecule has 0 N–H and O–H groups in total. The molecule has 0 atom stereocenters. The molecule has 5 rings (SSSR count). The van der Waals surface area contributed by atoms with E-state index in [1.54, 1.807) is 9.80 Å². The van der Waals surface area contributed by atoms with Crippen LogP contribution in [-0.4, -0.2) is 60.6 Å². The van der Waals surface area contributed by atoms with Gasteiger partial charge in [0.1, 0.15) is 23.5 Å². The van der Waals surface area contributed by atoms with Crippen molar-refractivity contribution in [3.63, 3.8) is 0 Å². The third-order valence-corrected chi connectivity index (χ3v) is 7.32. The topological polar surface area (TPSA) is 36.0 Å². The number of carbonyl (C=O) groups is 1. The van der Waals surface area contributed by atoms with E-state index in [1.165, 1.54) is 31.4 Å². The number of carbonyl (C=O) groups excluding carboxylic acids is 1. The highest BCUT2D eigenvalue weighted by Crippen LogP contribution is 2.30. The number of hydrogen-bond acceptors (Lipinski definition) is 4. The van der Waals surface area contributed by atoms with Crippen LogP contribution in [0.15, 0.2) is 49.0 Å². The summed E-state index contributed by atoms with van der Waals surface area (Å²) in [6.45, 7) is 7.28. The molecule has 0 radical (unpaired) electrons. The maximum absolute atomic E-state index is 13.6. The van der Waals surface area contributed by atoms with Gasteiger partial charge in [-0.25, -0.2) is 8.78 Å². The third kappa shape index (κ3) is 4.94. The molecule has 3 fully saturated rings. The smallest absolute Gasteiger partial charge is 0.246 e. The van der Waals surface area contributed by atoms with Gasteiger partial charge in [0.25, 0.3) is 0 Å². The second-order valence-corrected chi connectivity index (χ2v) is 9.50. The highest BCUT2D eigenvalue weighted by atomic mass is 19.1. The fraction of sp³-hybridized carbons (Fsp3) is 0.444. The van der Waals surface area contributed by atoms with Gasteiger partial charge in [-0.3, -0.25) is 4.79 Å². The average Bonchev–Trinajstić information content (AvgIpc) is 2.79. The summed E-state index contributed by atoms with van der Waals surface area (Å²) in [6.07, 6.45) is 6.41. The Hall–Kier alpha value is -2.93. The Kier molecular flexibility index (Phi) is 6.55. The number of benzene rings is 2. The van der Waals surface area contributed by atoms with Crippen molar-refractivity contribution in [2.75, 3.05) is 37.6 Å². The summed E-state index contributed by atoms with van der Waals surface area (Å²) in [4.78, 5) is 19.0. The van der Waals surface area contributed by atoms with Crippen LogP contribution in [0, 0.1) is 11.6 Å². The highest BCUT2D eigenvalue weighted by molar-refractivity contribution is 5.96. The Morgan fingerprint density at radius 1 is 0.912 bits per heavy atom. The molecule has 3 aliphatic rings. The quantitative estimate of drug-likeness (QED) is 0.618. The number of piperidine rings is 1. The molecule has 2 aliphatic heterocycles. The number of rotatable bonds is 6. The van der Waals surface area contributed by atoms with Crippen molar-refractivity contribution in [3.05, 3.63) is 66.2 Å². The van der Waals surface area contributed by atoms with Crippen LogP contribution in [0.3, 0.4) is 0 Å². The number of nitrogens with zero attached hydrogens (tertiary/aromatic N) is 3.